The summed E-state index contributed by atoms with van der Waals surface area (Å²) in [5.74, 6) is 1.82. The monoisotopic (exact) mass is 524 g/mol. The zero-order valence-electron chi connectivity index (χ0n) is 18.4. The Morgan fingerprint density at radius 3 is 2.60 bits per heavy atom. The van der Waals surface area contributed by atoms with Gasteiger partial charge in [-0.1, -0.05) is 25.3 Å². The van der Waals surface area contributed by atoms with Crippen LogP contribution in [0.5, 0.6) is 0 Å². The van der Waals surface area contributed by atoms with Crippen LogP contribution in [0.15, 0.2) is 29.4 Å². The second-order valence-corrected chi connectivity index (χ2v) is 8.78. The van der Waals surface area contributed by atoms with Crippen LogP contribution in [0.4, 0.5) is 0 Å². The van der Waals surface area contributed by atoms with Crippen LogP contribution in [-0.2, 0) is 6.54 Å². The Kier molecular flexibility index (Phi) is 8.80. The number of fused-ring (bicyclic) bond motifs is 1. The van der Waals surface area contributed by atoms with Gasteiger partial charge >= 0.3 is 0 Å². The van der Waals surface area contributed by atoms with Crippen molar-refractivity contribution in [1.82, 2.24) is 24.9 Å². The van der Waals surface area contributed by atoms with Gasteiger partial charge in [0.2, 0.25) is 0 Å². The maximum atomic E-state index is 4.70. The van der Waals surface area contributed by atoms with E-state index in [1.165, 1.54) is 70.3 Å². The fourth-order valence-electron chi connectivity index (χ4n) is 4.84. The molecule has 0 radical (unpaired) electrons. The Balaban J connectivity index is 0.00000256. The molecule has 0 unspecified atom stereocenters. The van der Waals surface area contributed by atoms with Gasteiger partial charge in [0, 0.05) is 44.6 Å². The van der Waals surface area contributed by atoms with Crippen LogP contribution in [0, 0.1) is 12.8 Å². The van der Waals surface area contributed by atoms with Crippen molar-refractivity contribution in [3.05, 3.63) is 35.8 Å². The first-order valence-electron chi connectivity index (χ1n) is 11.3. The Morgan fingerprint density at radius 1 is 1.13 bits per heavy atom. The summed E-state index contributed by atoms with van der Waals surface area (Å²) in [6, 6.07) is 6.71. The van der Waals surface area contributed by atoms with E-state index in [1.807, 2.05) is 13.1 Å². The molecule has 1 aliphatic carbocycles. The molecule has 7 heteroatoms. The normalized spacial score (nSPS) is 19.6. The van der Waals surface area contributed by atoms with Crippen molar-refractivity contribution in [1.29, 1.82) is 0 Å². The molecule has 1 saturated heterocycles. The summed E-state index contributed by atoms with van der Waals surface area (Å²) in [4.78, 5) is 11.8. The number of pyridine rings is 1. The first-order chi connectivity index (χ1) is 14.2. The summed E-state index contributed by atoms with van der Waals surface area (Å²) in [5, 5.41) is 7.06. The average molecular weight is 524 g/mol. The zero-order chi connectivity index (χ0) is 20.1. The molecular formula is C23H37IN6. The molecule has 2 aromatic heterocycles. The third-order valence-electron chi connectivity index (χ3n) is 6.58. The Bertz CT molecular complexity index is 818. The maximum Gasteiger partial charge on any atom is 0.191 e. The van der Waals surface area contributed by atoms with E-state index in [-0.39, 0.29) is 24.0 Å². The predicted octanol–water partition coefficient (Wildman–Crippen LogP) is 3.97. The zero-order valence-corrected chi connectivity index (χ0v) is 20.8. The molecule has 6 nitrogen and oxygen atoms in total. The van der Waals surface area contributed by atoms with Crippen LogP contribution < -0.4 is 10.6 Å². The largest absolute Gasteiger partial charge is 0.354 e. The summed E-state index contributed by atoms with van der Waals surface area (Å²) < 4.78 is 2.13. The molecule has 2 N–H and O–H groups in total. The second kappa shape index (κ2) is 11.3. The molecule has 0 atom stereocenters. The van der Waals surface area contributed by atoms with Crippen LogP contribution >= 0.6 is 24.0 Å². The molecule has 2 aromatic rings. The lowest BCUT2D eigenvalue weighted by atomic mass is 9.88. The number of rotatable bonds is 5. The van der Waals surface area contributed by atoms with Crippen molar-refractivity contribution in [2.24, 2.45) is 10.9 Å². The molecule has 4 rings (SSSR count). The molecule has 1 aliphatic heterocycles. The van der Waals surface area contributed by atoms with Gasteiger partial charge in [-0.3, -0.25) is 4.99 Å². The number of hydrogen-bond donors (Lipinski definition) is 2. The Morgan fingerprint density at radius 2 is 1.90 bits per heavy atom. The van der Waals surface area contributed by atoms with Gasteiger partial charge in [-0.15, -0.1) is 24.0 Å². The highest BCUT2D eigenvalue weighted by Gasteiger charge is 2.23. The van der Waals surface area contributed by atoms with E-state index >= 15 is 0 Å². The van der Waals surface area contributed by atoms with Gasteiger partial charge in [0.25, 0.3) is 0 Å². The molecule has 3 heterocycles. The number of likely N-dealkylation sites (tertiary alicyclic amines) is 1. The van der Waals surface area contributed by atoms with Gasteiger partial charge < -0.3 is 19.9 Å². The first kappa shape index (κ1) is 23.3. The Labute approximate surface area is 197 Å². The molecule has 0 amide bonds. The minimum Gasteiger partial charge on any atom is -0.354 e. The topological polar surface area (TPSA) is 57.0 Å². The molecular weight excluding hydrogens is 487 g/mol. The van der Waals surface area contributed by atoms with Crippen molar-refractivity contribution >= 4 is 35.6 Å². The number of guanidine groups is 1. The predicted molar refractivity (Wildman–Crippen MR) is 135 cm³/mol. The fraction of sp³-hybridized carbons (Fsp3) is 0.652. The van der Waals surface area contributed by atoms with Gasteiger partial charge in [-0.25, -0.2) is 4.98 Å². The van der Waals surface area contributed by atoms with Crippen molar-refractivity contribution in [2.45, 2.75) is 64.5 Å². The highest BCUT2D eigenvalue weighted by molar-refractivity contribution is 14.0. The van der Waals surface area contributed by atoms with E-state index in [9.17, 15) is 0 Å². The van der Waals surface area contributed by atoms with E-state index in [4.69, 9.17) is 4.98 Å². The van der Waals surface area contributed by atoms with Gasteiger partial charge in [0.15, 0.2) is 5.96 Å². The van der Waals surface area contributed by atoms with Crippen LogP contribution in [0.3, 0.4) is 0 Å². The third-order valence-corrected chi connectivity index (χ3v) is 6.58. The molecule has 0 bridgehead atoms. The smallest absolute Gasteiger partial charge is 0.191 e. The number of nitrogens with one attached hydrogen (secondary N) is 2. The van der Waals surface area contributed by atoms with Crippen molar-refractivity contribution < 1.29 is 0 Å². The molecule has 0 spiro atoms. The maximum absolute atomic E-state index is 4.70. The number of aromatic nitrogens is 2. The summed E-state index contributed by atoms with van der Waals surface area (Å²) >= 11 is 0. The van der Waals surface area contributed by atoms with E-state index in [1.54, 1.807) is 0 Å². The highest BCUT2D eigenvalue weighted by atomic mass is 127. The number of hydrogen-bond acceptors (Lipinski definition) is 3. The quantitative estimate of drug-likeness (QED) is 0.353. The number of piperidine rings is 1. The molecule has 1 saturated carbocycles. The van der Waals surface area contributed by atoms with Crippen LogP contribution in [0.1, 0.15) is 56.3 Å². The molecule has 166 valence electrons. The number of halogens is 1. The number of aliphatic imine (C=N–C) groups is 1. The van der Waals surface area contributed by atoms with Gasteiger partial charge in [0.05, 0.1) is 12.2 Å². The lowest BCUT2D eigenvalue weighted by Crippen LogP contribution is -2.49. The molecule has 2 aliphatic rings. The van der Waals surface area contributed by atoms with Gasteiger partial charge in [-0.2, -0.15) is 0 Å². The van der Waals surface area contributed by atoms with Crippen LogP contribution in [-0.4, -0.2) is 53.0 Å². The third kappa shape index (κ3) is 6.09. The lowest BCUT2D eigenvalue weighted by Gasteiger charge is -2.36. The van der Waals surface area contributed by atoms with E-state index < -0.39 is 0 Å². The highest BCUT2D eigenvalue weighted by Crippen LogP contribution is 2.25. The average Bonchev–Trinajstić information content (AvgIpc) is 3.18. The standard InChI is InChI=1S/C23H36N6.HI/c1-18-7-6-10-22-26-21(17-29(18)22)15-25-23(24-2)27-20-11-13-28(14-12-20)16-19-8-4-3-5-9-19;/h6-7,10,17,19-20H,3-5,8-9,11-16H2,1-2H3,(H2,24,25,27);1H. The summed E-state index contributed by atoms with van der Waals surface area (Å²) in [6.45, 7) is 6.51. The van der Waals surface area contributed by atoms with Gasteiger partial charge in [0.1, 0.15) is 5.65 Å². The van der Waals surface area contributed by atoms with E-state index in [0.717, 1.165) is 23.2 Å². The van der Waals surface area contributed by atoms with Crippen LogP contribution in [0.2, 0.25) is 0 Å². The van der Waals surface area contributed by atoms with Crippen molar-refractivity contribution in [3.63, 3.8) is 0 Å². The second-order valence-electron chi connectivity index (χ2n) is 8.78. The molecule has 2 fully saturated rings. The fourth-order valence-corrected chi connectivity index (χ4v) is 4.84. The number of aryl methyl sites for hydroxylation is 1. The summed E-state index contributed by atoms with van der Waals surface area (Å²) in [6.07, 6.45) is 11.7. The summed E-state index contributed by atoms with van der Waals surface area (Å²) in [5.41, 5.74) is 3.23. The Hall–Kier alpha value is -1.35. The van der Waals surface area contributed by atoms with Crippen molar-refractivity contribution in [3.8, 4) is 0 Å². The minimum absolute atomic E-state index is 0. The van der Waals surface area contributed by atoms with Crippen LogP contribution in [0.25, 0.3) is 5.65 Å². The first-order valence-corrected chi connectivity index (χ1v) is 11.3. The van der Waals surface area contributed by atoms with E-state index in [0.29, 0.717) is 12.6 Å². The van der Waals surface area contributed by atoms with E-state index in [2.05, 4.69) is 50.2 Å². The minimum atomic E-state index is 0. The van der Waals surface area contributed by atoms with Gasteiger partial charge in [-0.05, 0) is 50.7 Å². The number of imidazole rings is 1. The molecule has 30 heavy (non-hydrogen) atoms. The van der Waals surface area contributed by atoms with Crippen molar-refractivity contribution in [2.75, 3.05) is 26.7 Å². The summed E-state index contributed by atoms with van der Waals surface area (Å²) in [7, 11) is 1.85. The molecule has 0 aromatic carbocycles. The lowest BCUT2D eigenvalue weighted by molar-refractivity contribution is 0.160. The number of nitrogens with zero attached hydrogens (tertiary/aromatic N) is 4. The SMILES string of the molecule is CN=C(NCc1cn2c(C)cccc2n1)NC1CCN(CC2CCCCC2)CC1.I.